The zero-order chi connectivity index (χ0) is 9.10. The Hall–Kier alpha value is -1.16. The maximum atomic E-state index is 11.1. The van der Waals surface area contributed by atoms with Crippen LogP contribution in [0.25, 0.3) is 0 Å². The van der Waals surface area contributed by atoms with Gasteiger partial charge in [0.25, 0.3) is 5.91 Å². The molecule has 2 N–H and O–H groups in total. The van der Waals surface area contributed by atoms with Crippen LogP contribution in [0.3, 0.4) is 0 Å². The first-order valence-electron chi connectivity index (χ1n) is 4.28. The van der Waals surface area contributed by atoms with E-state index in [1.807, 2.05) is 17.5 Å². The van der Waals surface area contributed by atoms with Crippen LogP contribution in [0, 0.1) is 5.92 Å². The lowest BCUT2D eigenvalue weighted by atomic mass is 10.4. The number of rotatable bonds is 3. The largest absolute Gasteiger partial charge is 0.277 e. The molecule has 0 spiro atoms. The molecule has 1 amide bonds. The van der Waals surface area contributed by atoms with Crippen LogP contribution in [0.4, 0.5) is 0 Å². The van der Waals surface area contributed by atoms with Crippen LogP contribution in [0.5, 0.6) is 0 Å². The second kappa shape index (κ2) is 3.70. The molecule has 0 radical (unpaired) electrons. The molecule has 1 heterocycles. The Labute approximate surface area is 80.5 Å². The van der Waals surface area contributed by atoms with E-state index in [1.165, 1.54) is 0 Å². The number of hydrogen-bond donors (Lipinski definition) is 2. The van der Waals surface area contributed by atoms with Crippen molar-refractivity contribution in [2.24, 2.45) is 5.92 Å². The molecule has 13 heavy (non-hydrogen) atoms. The van der Waals surface area contributed by atoms with Crippen LogP contribution >= 0.6 is 11.3 Å². The molecule has 2 rings (SSSR count). The second-order valence-electron chi connectivity index (χ2n) is 3.07. The van der Waals surface area contributed by atoms with Crippen LogP contribution < -0.4 is 10.5 Å². The molecule has 4 heteroatoms. The Morgan fingerprint density at radius 3 is 3.15 bits per heavy atom. The van der Waals surface area contributed by atoms with Gasteiger partial charge in [-0.05, 0) is 24.3 Å². The standard InChI is InChI=1S/C9H10N2OS/c12-9(7-3-4-7)11-10-6-8-2-1-5-13-8/h1-2,5-7H,3-4H2,(H,11,12)/p+1/b10-6+. The molecule has 1 saturated carbocycles. The number of hydrogen-bond acceptors (Lipinski definition) is 2. The van der Waals surface area contributed by atoms with Gasteiger partial charge in [-0.1, -0.05) is 6.07 Å². The van der Waals surface area contributed by atoms with E-state index in [0.29, 0.717) is 0 Å². The molecule has 1 aromatic heterocycles. The molecule has 1 aliphatic carbocycles. The fourth-order valence-corrected chi connectivity index (χ4v) is 1.60. The van der Waals surface area contributed by atoms with Gasteiger partial charge in [-0.25, -0.2) is 0 Å². The number of nitrogens with one attached hydrogen (secondary N) is 2. The van der Waals surface area contributed by atoms with Gasteiger partial charge in [-0.2, -0.15) is 0 Å². The average Bonchev–Trinajstić information content (AvgIpc) is 2.86. The van der Waals surface area contributed by atoms with Gasteiger partial charge in [0.2, 0.25) is 6.21 Å². The van der Waals surface area contributed by atoms with Crippen molar-refractivity contribution in [1.82, 2.24) is 5.43 Å². The van der Waals surface area contributed by atoms with Gasteiger partial charge in [-0.15, -0.1) is 21.9 Å². The minimum Gasteiger partial charge on any atom is -0.269 e. The highest BCUT2D eigenvalue weighted by Gasteiger charge is 2.30. The summed E-state index contributed by atoms with van der Waals surface area (Å²) >= 11 is 1.63. The van der Waals surface area contributed by atoms with E-state index in [4.69, 9.17) is 0 Å². The predicted octanol–water partition coefficient (Wildman–Crippen LogP) is -0.311. The molecule has 1 aliphatic rings. The van der Waals surface area contributed by atoms with Crippen LogP contribution in [-0.2, 0) is 4.79 Å². The maximum absolute atomic E-state index is 11.1. The van der Waals surface area contributed by atoms with Gasteiger partial charge in [0.15, 0.2) is 0 Å². The summed E-state index contributed by atoms with van der Waals surface area (Å²) < 4.78 is 0. The van der Waals surface area contributed by atoms with Crippen LogP contribution in [0.2, 0.25) is 0 Å². The van der Waals surface area contributed by atoms with Crippen molar-refractivity contribution in [2.75, 3.05) is 0 Å². The monoisotopic (exact) mass is 195 g/mol. The summed E-state index contributed by atoms with van der Waals surface area (Å²) in [6.45, 7) is 0. The van der Waals surface area contributed by atoms with Crippen molar-refractivity contribution in [3.63, 3.8) is 0 Å². The quantitative estimate of drug-likeness (QED) is 0.504. The number of hydrazone groups is 1. The Bertz CT molecular complexity index is 314. The summed E-state index contributed by atoms with van der Waals surface area (Å²) in [5, 5.41) is 4.79. The Kier molecular flexibility index (Phi) is 2.40. The van der Waals surface area contributed by atoms with E-state index >= 15 is 0 Å². The summed E-state index contributed by atoms with van der Waals surface area (Å²) in [7, 11) is 0. The lowest BCUT2D eigenvalue weighted by Crippen LogP contribution is -2.81. The molecular weight excluding hydrogens is 184 g/mol. The SMILES string of the molecule is O=C(N/[NH+]=C/c1cccs1)C1CC1. The van der Waals surface area contributed by atoms with Gasteiger partial charge in [-0.3, -0.25) is 4.79 Å². The van der Waals surface area contributed by atoms with Crippen molar-refractivity contribution in [3.05, 3.63) is 22.4 Å². The smallest absolute Gasteiger partial charge is 0.269 e. The first-order chi connectivity index (χ1) is 6.36. The van der Waals surface area contributed by atoms with Gasteiger partial charge in [0.05, 0.1) is 4.88 Å². The van der Waals surface area contributed by atoms with Crippen molar-refractivity contribution in [2.45, 2.75) is 12.8 Å². The topological polar surface area (TPSA) is 43.1 Å². The molecule has 0 unspecified atom stereocenters. The third-order valence-electron chi connectivity index (χ3n) is 1.90. The van der Waals surface area contributed by atoms with Gasteiger partial charge in [0.1, 0.15) is 0 Å². The van der Waals surface area contributed by atoms with E-state index < -0.39 is 0 Å². The van der Waals surface area contributed by atoms with E-state index in [1.54, 1.807) is 17.6 Å². The zero-order valence-corrected chi connectivity index (χ0v) is 7.93. The summed E-state index contributed by atoms with van der Waals surface area (Å²) in [6.07, 6.45) is 3.87. The van der Waals surface area contributed by atoms with E-state index in [0.717, 1.165) is 17.7 Å². The first-order valence-corrected chi connectivity index (χ1v) is 5.16. The number of carbonyl (C=O) groups is 1. The molecule has 0 aromatic carbocycles. The van der Waals surface area contributed by atoms with Crippen molar-refractivity contribution >= 4 is 23.5 Å². The molecule has 0 bridgehead atoms. The van der Waals surface area contributed by atoms with Crippen LogP contribution in [0.1, 0.15) is 17.7 Å². The van der Waals surface area contributed by atoms with Crippen molar-refractivity contribution in [3.8, 4) is 0 Å². The summed E-state index contributed by atoms with van der Waals surface area (Å²) in [5.74, 6) is 0.358. The zero-order valence-electron chi connectivity index (χ0n) is 7.12. The second-order valence-corrected chi connectivity index (χ2v) is 4.05. The minimum atomic E-state index is 0.104. The lowest BCUT2D eigenvalue weighted by molar-refractivity contribution is -0.506. The molecule has 1 aromatic rings. The summed E-state index contributed by atoms with van der Waals surface area (Å²) in [5.41, 5.74) is 2.65. The molecular formula is C9H11N2OS+. The van der Waals surface area contributed by atoms with E-state index in [2.05, 4.69) is 10.5 Å². The molecule has 0 saturated heterocycles. The third kappa shape index (κ3) is 2.39. The number of thiophene rings is 1. The minimum absolute atomic E-state index is 0.104. The predicted molar refractivity (Wildman–Crippen MR) is 51.3 cm³/mol. The lowest BCUT2D eigenvalue weighted by Gasteiger charge is -1.87. The van der Waals surface area contributed by atoms with Gasteiger partial charge in [0, 0.05) is 5.92 Å². The highest BCUT2D eigenvalue weighted by Crippen LogP contribution is 2.28. The number of carbonyl (C=O) groups excluding carboxylic acids is 1. The third-order valence-corrected chi connectivity index (χ3v) is 2.72. The van der Waals surface area contributed by atoms with Crippen molar-refractivity contribution < 1.29 is 9.90 Å². The molecule has 3 nitrogen and oxygen atoms in total. The Balaban J connectivity index is 1.81. The van der Waals surface area contributed by atoms with Gasteiger partial charge < -0.3 is 0 Å². The molecule has 0 aliphatic heterocycles. The van der Waals surface area contributed by atoms with E-state index in [9.17, 15) is 4.79 Å². The highest BCUT2D eigenvalue weighted by atomic mass is 32.1. The number of amides is 1. The van der Waals surface area contributed by atoms with Crippen LogP contribution in [0.15, 0.2) is 17.5 Å². The summed E-state index contributed by atoms with van der Waals surface area (Å²) in [4.78, 5) is 12.3. The average molecular weight is 195 g/mol. The normalized spacial score (nSPS) is 16.3. The first kappa shape index (κ1) is 8.44. The summed E-state index contributed by atoms with van der Waals surface area (Å²) in [6, 6.07) is 3.96. The highest BCUT2D eigenvalue weighted by molar-refractivity contribution is 7.11. The Morgan fingerprint density at radius 1 is 1.69 bits per heavy atom. The molecule has 0 atom stereocenters. The maximum Gasteiger partial charge on any atom is 0.277 e. The van der Waals surface area contributed by atoms with Crippen molar-refractivity contribution in [1.29, 1.82) is 0 Å². The fourth-order valence-electron chi connectivity index (χ4n) is 0.999. The van der Waals surface area contributed by atoms with Gasteiger partial charge >= 0.3 is 0 Å². The molecule has 1 fully saturated rings. The van der Waals surface area contributed by atoms with E-state index in [-0.39, 0.29) is 11.8 Å². The van der Waals surface area contributed by atoms with Crippen LogP contribution in [-0.4, -0.2) is 12.1 Å². The molecule has 68 valence electrons. The Morgan fingerprint density at radius 2 is 2.54 bits per heavy atom. The fraction of sp³-hybridized carbons (Fsp3) is 0.333. The number of hydrazine groups is 1.